The molecule has 0 saturated carbocycles. The summed E-state index contributed by atoms with van der Waals surface area (Å²) < 4.78 is 0. The maximum Gasteiger partial charge on any atom is 0.330 e. The van der Waals surface area contributed by atoms with Crippen molar-refractivity contribution < 1.29 is 19.8 Å². The van der Waals surface area contributed by atoms with Gasteiger partial charge in [-0.25, -0.2) is 9.79 Å². The van der Waals surface area contributed by atoms with Crippen LogP contribution in [0.1, 0.15) is 105 Å². The summed E-state index contributed by atoms with van der Waals surface area (Å²) in [4.78, 5) is 28.6. The van der Waals surface area contributed by atoms with Gasteiger partial charge in [0.25, 0.3) is 0 Å². The van der Waals surface area contributed by atoms with Crippen LogP contribution in [0.3, 0.4) is 0 Å². The molecule has 2 atom stereocenters. The van der Waals surface area contributed by atoms with Gasteiger partial charge in [-0.1, -0.05) is 90.4 Å². The SMILES string of the molecule is C/C=C/C(=C\C(NC(N)=NC/C=C(\C(=O)NCCC)C(O)CCCCCCCC)C(=O)O)CCCCC. The van der Waals surface area contributed by atoms with Gasteiger partial charge in [-0.05, 0) is 44.3 Å². The molecule has 212 valence electrons. The quantitative estimate of drug-likeness (QED) is 0.0475. The van der Waals surface area contributed by atoms with Gasteiger partial charge in [0.15, 0.2) is 5.96 Å². The van der Waals surface area contributed by atoms with E-state index in [9.17, 15) is 19.8 Å². The molecule has 0 aromatic heterocycles. The van der Waals surface area contributed by atoms with Crippen LogP contribution in [0, 0.1) is 0 Å². The summed E-state index contributed by atoms with van der Waals surface area (Å²) in [5.41, 5.74) is 7.18. The molecule has 0 fully saturated rings. The lowest BCUT2D eigenvalue weighted by Crippen LogP contribution is -2.43. The van der Waals surface area contributed by atoms with Crippen molar-refractivity contribution in [3.8, 4) is 0 Å². The number of allylic oxidation sites excluding steroid dienone is 3. The van der Waals surface area contributed by atoms with Gasteiger partial charge in [-0.3, -0.25) is 4.79 Å². The Morgan fingerprint density at radius 1 is 0.973 bits per heavy atom. The Morgan fingerprint density at radius 2 is 1.62 bits per heavy atom. The minimum atomic E-state index is -1.06. The monoisotopic (exact) mass is 520 g/mol. The molecule has 0 radical (unpaired) electrons. The molecule has 0 aliphatic rings. The van der Waals surface area contributed by atoms with E-state index in [1.165, 1.54) is 19.3 Å². The van der Waals surface area contributed by atoms with Crippen LogP contribution in [0.25, 0.3) is 0 Å². The molecular weight excluding hydrogens is 468 g/mol. The predicted octanol–water partition coefficient (Wildman–Crippen LogP) is 4.99. The molecule has 0 aliphatic heterocycles. The first-order valence-electron chi connectivity index (χ1n) is 14.1. The number of nitrogens with zero attached hydrogens (tertiary/aromatic N) is 1. The van der Waals surface area contributed by atoms with E-state index in [1.54, 1.807) is 12.2 Å². The second kappa shape index (κ2) is 22.6. The molecule has 0 aliphatic carbocycles. The molecule has 2 unspecified atom stereocenters. The number of amides is 1. The zero-order valence-corrected chi connectivity index (χ0v) is 23.6. The van der Waals surface area contributed by atoms with E-state index >= 15 is 0 Å². The van der Waals surface area contributed by atoms with Crippen LogP contribution in [0.4, 0.5) is 0 Å². The van der Waals surface area contributed by atoms with Crippen molar-refractivity contribution in [3.63, 3.8) is 0 Å². The predicted molar refractivity (Wildman–Crippen MR) is 153 cm³/mol. The fourth-order valence-corrected chi connectivity index (χ4v) is 3.85. The average molecular weight is 521 g/mol. The van der Waals surface area contributed by atoms with Crippen LogP contribution in [0.15, 0.2) is 40.4 Å². The fourth-order valence-electron chi connectivity index (χ4n) is 3.85. The van der Waals surface area contributed by atoms with Crippen LogP contribution in [-0.4, -0.2) is 53.3 Å². The number of aliphatic hydroxyl groups excluding tert-OH is 1. The second-order valence-electron chi connectivity index (χ2n) is 9.37. The summed E-state index contributed by atoms with van der Waals surface area (Å²) in [7, 11) is 0. The number of aliphatic imine (C=N–C) groups is 1. The first kappa shape index (κ1) is 34.4. The van der Waals surface area contributed by atoms with Crippen molar-refractivity contribution in [2.45, 2.75) is 117 Å². The Hall–Kier alpha value is -2.61. The minimum absolute atomic E-state index is 0.0352. The normalized spacial score (nSPS) is 14.6. The van der Waals surface area contributed by atoms with E-state index in [1.807, 2.05) is 26.0 Å². The summed E-state index contributed by atoms with van der Waals surface area (Å²) in [5.74, 6) is -1.40. The highest BCUT2D eigenvalue weighted by atomic mass is 16.4. The largest absolute Gasteiger partial charge is 0.479 e. The third-order valence-electron chi connectivity index (χ3n) is 5.96. The molecule has 6 N–H and O–H groups in total. The molecule has 0 aromatic rings. The zero-order chi connectivity index (χ0) is 27.9. The number of carbonyl (C=O) groups excluding carboxylic acids is 1. The highest BCUT2D eigenvalue weighted by Crippen LogP contribution is 2.14. The van der Waals surface area contributed by atoms with Gasteiger partial charge in [0.05, 0.1) is 12.6 Å². The lowest BCUT2D eigenvalue weighted by molar-refractivity contribution is -0.137. The maximum atomic E-state index is 12.6. The first-order chi connectivity index (χ1) is 17.8. The minimum Gasteiger partial charge on any atom is -0.479 e. The number of unbranched alkanes of at least 4 members (excludes halogenated alkanes) is 7. The Kier molecular flexibility index (Phi) is 21.0. The average Bonchev–Trinajstić information content (AvgIpc) is 2.86. The van der Waals surface area contributed by atoms with Crippen LogP contribution in [0.5, 0.6) is 0 Å². The number of aliphatic hydroxyl groups is 1. The van der Waals surface area contributed by atoms with Crippen molar-refractivity contribution in [2.75, 3.05) is 13.1 Å². The Labute approximate surface area is 224 Å². The third-order valence-corrected chi connectivity index (χ3v) is 5.96. The van der Waals surface area contributed by atoms with Gasteiger partial charge in [0, 0.05) is 12.1 Å². The molecular formula is C29H52N4O4. The van der Waals surface area contributed by atoms with Crippen LogP contribution in [0.2, 0.25) is 0 Å². The van der Waals surface area contributed by atoms with Gasteiger partial charge >= 0.3 is 5.97 Å². The molecule has 0 saturated heterocycles. The summed E-state index contributed by atoms with van der Waals surface area (Å²) in [6.45, 7) is 8.73. The van der Waals surface area contributed by atoms with Gasteiger partial charge in [-0.2, -0.15) is 0 Å². The topological polar surface area (TPSA) is 137 Å². The number of aliphatic carboxylic acids is 1. The summed E-state index contributed by atoms with van der Waals surface area (Å²) in [6, 6.07) is -1.02. The number of nitrogens with two attached hydrogens (primary N) is 1. The zero-order valence-electron chi connectivity index (χ0n) is 23.6. The molecule has 1 amide bonds. The molecule has 0 spiro atoms. The maximum absolute atomic E-state index is 12.6. The highest BCUT2D eigenvalue weighted by Gasteiger charge is 2.18. The number of hydrogen-bond donors (Lipinski definition) is 5. The van der Waals surface area contributed by atoms with Crippen LogP contribution in [-0.2, 0) is 9.59 Å². The van der Waals surface area contributed by atoms with Crippen molar-refractivity contribution >= 4 is 17.8 Å². The lowest BCUT2D eigenvalue weighted by Gasteiger charge is -2.15. The van der Waals surface area contributed by atoms with Gasteiger partial charge < -0.3 is 26.6 Å². The highest BCUT2D eigenvalue weighted by molar-refractivity contribution is 5.94. The number of rotatable bonds is 21. The van der Waals surface area contributed by atoms with E-state index in [4.69, 9.17) is 5.73 Å². The molecule has 0 aromatic carbocycles. The Bertz CT molecular complexity index is 759. The lowest BCUT2D eigenvalue weighted by atomic mass is 10.0. The summed E-state index contributed by atoms with van der Waals surface area (Å²) in [6.07, 6.45) is 18.0. The fraction of sp³-hybridized carbons (Fsp3) is 0.690. The molecule has 0 heterocycles. The number of carboxylic acids is 1. The summed E-state index contributed by atoms with van der Waals surface area (Å²) in [5, 5.41) is 25.9. The van der Waals surface area contributed by atoms with Crippen LogP contribution < -0.4 is 16.4 Å². The van der Waals surface area contributed by atoms with Crippen molar-refractivity contribution in [2.24, 2.45) is 10.7 Å². The van der Waals surface area contributed by atoms with Gasteiger partial charge in [0.2, 0.25) is 5.91 Å². The van der Waals surface area contributed by atoms with E-state index < -0.39 is 18.1 Å². The molecule has 37 heavy (non-hydrogen) atoms. The first-order valence-corrected chi connectivity index (χ1v) is 14.1. The van der Waals surface area contributed by atoms with E-state index in [-0.39, 0.29) is 24.0 Å². The number of carbonyl (C=O) groups is 2. The Morgan fingerprint density at radius 3 is 2.24 bits per heavy atom. The second-order valence-corrected chi connectivity index (χ2v) is 9.37. The number of hydrogen-bond acceptors (Lipinski definition) is 4. The van der Waals surface area contributed by atoms with Crippen molar-refractivity contribution in [1.82, 2.24) is 10.6 Å². The van der Waals surface area contributed by atoms with Gasteiger partial charge in [0.1, 0.15) is 6.04 Å². The number of carboxylic acid groups (broad SMARTS) is 1. The van der Waals surface area contributed by atoms with E-state index in [0.29, 0.717) is 13.0 Å². The third kappa shape index (κ3) is 17.5. The molecule has 0 bridgehead atoms. The van der Waals surface area contributed by atoms with Crippen molar-refractivity contribution in [1.29, 1.82) is 0 Å². The number of guanidine groups is 1. The number of nitrogens with one attached hydrogen (secondary N) is 2. The molecule has 8 heteroatoms. The van der Waals surface area contributed by atoms with E-state index in [0.717, 1.165) is 56.9 Å². The molecule has 0 rings (SSSR count). The van der Waals surface area contributed by atoms with Gasteiger partial charge in [-0.15, -0.1) is 0 Å². The smallest absolute Gasteiger partial charge is 0.330 e. The Balaban J connectivity index is 5.31. The summed E-state index contributed by atoms with van der Waals surface area (Å²) >= 11 is 0. The molecule has 8 nitrogen and oxygen atoms in total. The van der Waals surface area contributed by atoms with Crippen molar-refractivity contribution in [3.05, 3.63) is 35.5 Å². The standard InChI is InChI=1S/C29H52N4O4/c1-5-9-11-12-13-15-18-26(34)24(27(35)31-20-8-4)19-21-32-29(30)33-25(28(36)37)22-23(16-7-3)17-14-10-6-2/h7,16,19,22,25-26,34H,5-6,8-15,17-18,20-21H2,1-4H3,(H,31,35)(H,36,37)(H3,30,32,33)/b16-7+,23-22+,24-19-. The van der Waals surface area contributed by atoms with E-state index in [2.05, 4.69) is 29.5 Å². The van der Waals surface area contributed by atoms with Crippen LogP contribution >= 0.6 is 0 Å².